The van der Waals surface area contributed by atoms with Crippen LogP contribution in [-0.4, -0.2) is 15.6 Å². The van der Waals surface area contributed by atoms with Crippen LogP contribution < -0.4 is 11.2 Å². The van der Waals surface area contributed by atoms with Gasteiger partial charge >= 0.3 is 5.97 Å². The van der Waals surface area contributed by atoms with Gasteiger partial charge in [0.15, 0.2) is 5.82 Å². The molecule has 0 aliphatic carbocycles. The van der Waals surface area contributed by atoms with E-state index in [1.165, 1.54) is 4.57 Å². The third-order valence-corrected chi connectivity index (χ3v) is 5.50. The van der Waals surface area contributed by atoms with Gasteiger partial charge in [-0.2, -0.15) is 0 Å². The first-order valence-electron chi connectivity index (χ1n) is 7.68. The molecular weight excluding hydrogens is 362 g/mol. The van der Waals surface area contributed by atoms with Gasteiger partial charge in [0.1, 0.15) is 11.4 Å². The van der Waals surface area contributed by atoms with Crippen molar-refractivity contribution in [2.24, 2.45) is 5.73 Å². The normalized spacial score (nSPS) is 12.7. The number of nitrogens with zero attached hydrogens (tertiary/aromatic N) is 1. The number of thioether (sulfide) groups is 1. The van der Waals surface area contributed by atoms with Gasteiger partial charge in [-0.15, -0.1) is 0 Å². The Labute approximate surface area is 150 Å². The predicted molar refractivity (Wildman–Crippen MR) is 94.3 cm³/mol. The molecule has 1 aromatic heterocycles. The van der Waals surface area contributed by atoms with Crippen LogP contribution in [0.15, 0.2) is 40.2 Å². The number of aromatic nitrogens is 1. The molecule has 0 spiro atoms. The smallest absolute Gasteiger partial charge is 0.342 e. The second-order valence-corrected chi connectivity index (χ2v) is 6.79. The van der Waals surface area contributed by atoms with E-state index in [1.807, 2.05) is 0 Å². The van der Waals surface area contributed by atoms with Gasteiger partial charge in [-0.3, -0.25) is 4.79 Å². The van der Waals surface area contributed by atoms with Gasteiger partial charge in [0.25, 0.3) is 0 Å². The number of carboxylic acid groups (broad SMARTS) is 1. The molecule has 8 heteroatoms. The summed E-state index contributed by atoms with van der Waals surface area (Å²) in [5.41, 5.74) is 5.01. The first-order chi connectivity index (χ1) is 12.4. The molecule has 0 unspecified atom stereocenters. The highest BCUT2D eigenvalue weighted by Crippen LogP contribution is 2.39. The molecule has 0 bridgehead atoms. The number of carbonyl (C=O) groups is 1. The summed E-state index contributed by atoms with van der Waals surface area (Å²) in [5.74, 6) is -2.91. The Bertz CT molecular complexity index is 1140. The highest BCUT2D eigenvalue weighted by atomic mass is 32.2. The van der Waals surface area contributed by atoms with Gasteiger partial charge in [0.2, 0.25) is 5.43 Å². The summed E-state index contributed by atoms with van der Waals surface area (Å²) in [6.07, 6.45) is 0. The summed E-state index contributed by atoms with van der Waals surface area (Å²) < 4.78 is 31.3. The highest BCUT2D eigenvalue weighted by molar-refractivity contribution is 7.99. The summed E-state index contributed by atoms with van der Waals surface area (Å²) >= 11 is 1.14. The van der Waals surface area contributed by atoms with E-state index in [4.69, 9.17) is 5.73 Å². The topological polar surface area (TPSA) is 85.3 Å². The number of benzene rings is 2. The van der Waals surface area contributed by atoms with Crippen molar-refractivity contribution in [2.75, 3.05) is 0 Å². The van der Waals surface area contributed by atoms with E-state index in [2.05, 4.69) is 0 Å². The lowest BCUT2D eigenvalue weighted by Crippen LogP contribution is -2.26. The van der Waals surface area contributed by atoms with E-state index in [0.29, 0.717) is 18.0 Å². The lowest BCUT2D eigenvalue weighted by molar-refractivity contribution is 0.0689. The van der Waals surface area contributed by atoms with Crippen molar-refractivity contribution in [3.05, 3.63) is 63.3 Å². The molecular formula is C18H12F2N2O3S. The molecule has 5 nitrogen and oxygen atoms in total. The second-order valence-electron chi connectivity index (χ2n) is 5.86. The minimum atomic E-state index is -1.41. The third-order valence-electron chi connectivity index (χ3n) is 4.42. The van der Waals surface area contributed by atoms with Gasteiger partial charge in [-0.25, -0.2) is 13.6 Å². The van der Waals surface area contributed by atoms with Crippen LogP contribution in [0.4, 0.5) is 8.78 Å². The molecule has 0 amide bonds. The van der Waals surface area contributed by atoms with Crippen LogP contribution in [0.5, 0.6) is 0 Å². The fourth-order valence-corrected chi connectivity index (χ4v) is 4.04. The maximum atomic E-state index is 15.2. The fraction of sp³-hybridized carbons (Fsp3) is 0.111. The first kappa shape index (κ1) is 16.7. The maximum absolute atomic E-state index is 15.2. The summed E-state index contributed by atoms with van der Waals surface area (Å²) in [6.45, 7) is 0.307. The van der Waals surface area contributed by atoms with E-state index in [1.54, 1.807) is 24.3 Å². The van der Waals surface area contributed by atoms with Crippen molar-refractivity contribution in [3.8, 4) is 11.1 Å². The van der Waals surface area contributed by atoms with Crippen LogP contribution in [-0.2, 0) is 12.4 Å². The molecule has 2 aromatic carbocycles. The molecule has 132 valence electrons. The van der Waals surface area contributed by atoms with Crippen LogP contribution >= 0.6 is 11.8 Å². The van der Waals surface area contributed by atoms with Crippen molar-refractivity contribution in [2.45, 2.75) is 17.4 Å². The molecule has 3 N–H and O–H groups in total. The average Bonchev–Trinajstić information content (AvgIpc) is 2.59. The van der Waals surface area contributed by atoms with Crippen LogP contribution in [0.25, 0.3) is 22.0 Å². The van der Waals surface area contributed by atoms with Crippen molar-refractivity contribution in [1.82, 2.24) is 4.57 Å². The zero-order valence-electron chi connectivity index (χ0n) is 13.3. The molecule has 0 atom stereocenters. The average molecular weight is 374 g/mol. The molecule has 1 aliphatic rings. The monoisotopic (exact) mass is 374 g/mol. The maximum Gasteiger partial charge on any atom is 0.342 e. The van der Waals surface area contributed by atoms with Crippen LogP contribution in [0.2, 0.25) is 0 Å². The molecule has 1 aliphatic heterocycles. The van der Waals surface area contributed by atoms with E-state index >= 15 is 4.39 Å². The number of hydrogen-bond acceptors (Lipinski definition) is 4. The lowest BCUT2D eigenvalue weighted by Gasteiger charge is -2.26. The van der Waals surface area contributed by atoms with Gasteiger partial charge in [-0.1, -0.05) is 36.0 Å². The van der Waals surface area contributed by atoms with E-state index < -0.39 is 28.6 Å². The Morgan fingerprint density at radius 3 is 2.50 bits per heavy atom. The molecule has 0 saturated heterocycles. The number of pyridine rings is 1. The molecule has 3 aromatic rings. The Balaban J connectivity index is 2.06. The van der Waals surface area contributed by atoms with Crippen molar-refractivity contribution in [3.63, 3.8) is 0 Å². The van der Waals surface area contributed by atoms with Crippen LogP contribution in [0, 0.1) is 11.6 Å². The number of nitrogens with two attached hydrogens (primary N) is 1. The molecule has 0 radical (unpaired) electrons. The minimum absolute atomic E-state index is 0.0759. The van der Waals surface area contributed by atoms with Crippen molar-refractivity contribution < 1.29 is 18.7 Å². The van der Waals surface area contributed by atoms with E-state index in [0.717, 1.165) is 23.4 Å². The number of halogens is 2. The van der Waals surface area contributed by atoms with Crippen LogP contribution in [0.1, 0.15) is 15.9 Å². The second kappa shape index (κ2) is 5.93. The SMILES string of the molecule is NCc1ccc(-c2c(F)cc3c(=O)c(C(=O)O)c4n(c3c2F)CS4)cc1. The molecule has 0 fully saturated rings. The Morgan fingerprint density at radius 2 is 1.96 bits per heavy atom. The highest BCUT2D eigenvalue weighted by Gasteiger charge is 2.31. The lowest BCUT2D eigenvalue weighted by atomic mass is 9.99. The predicted octanol–water partition coefficient (Wildman–Crippen LogP) is 3.17. The minimum Gasteiger partial charge on any atom is -0.477 e. The van der Waals surface area contributed by atoms with Gasteiger partial charge in [0.05, 0.1) is 27.4 Å². The summed E-state index contributed by atoms with van der Waals surface area (Å²) in [4.78, 5) is 23.8. The summed E-state index contributed by atoms with van der Waals surface area (Å²) in [5, 5.41) is 9.17. The molecule has 4 rings (SSSR count). The first-order valence-corrected chi connectivity index (χ1v) is 8.66. The third kappa shape index (κ3) is 2.26. The Morgan fingerprint density at radius 1 is 1.27 bits per heavy atom. The van der Waals surface area contributed by atoms with Gasteiger partial charge in [0, 0.05) is 6.54 Å². The van der Waals surface area contributed by atoms with Crippen molar-refractivity contribution in [1.29, 1.82) is 0 Å². The summed E-state index contributed by atoms with van der Waals surface area (Å²) in [7, 11) is 0. The zero-order chi connectivity index (χ0) is 18.6. The number of aromatic carboxylic acids is 1. The van der Waals surface area contributed by atoms with E-state index in [9.17, 15) is 19.1 Å². The standard InChI is InChI=1S/C18H12F2N2O3S/c19-11-5-10-15(22-7-26-17(22)13(16(10)23)18(24)25)14(20)12(11)9-3-1-8(6-21)2-4-9/h1-5H,6-7,21H2,(H,24,25). The fourth-order valence-electron chi connectivity index (χ4n) is 3.11. The van der Waals surface area contributed by atoms with Gasteiger partial charge in [-0.05, 0) is 17.2 Å². The summed E-state index contributed by atoms with van der Waals surface area (Å²) in [6, 6.07) is 7.38. The number of hydrogen-bond donors (Lipinski definition) is 2. The molecule has 26 heavy (non-hydrogen) atoms. The quantitative estimate of drug-likeness (QED) is 0.736. The largest absolute Gasteiger partial charge is 0.477 e. The zero-order valence-corrected chi connectivity index (χ0v) is 14.1. The number of carboxylic acids is 1. The van der Waals surface area contributed by atoms with E-state index in [-0.39, 0.29) is 21.5 Å². The van der Waals surface area contributed by atoms with Crippen LogP contribution in [0.3, 0.4) is 0 Å². The van der Waals surface area contributed by atoms with Gasteiger partial charge < -0.3 is 15.4 Å². The Hall–Kier alpha value is -2.71. The Kier molecular flexibility index (Phi) is 3.82. The molecule has 0 saturated carbocycles. The number of rotatable bonds is 3. The van der Waals surface area contributed by atoms with Crippen molar-refractivity contribution >= 4 is 28.6 Å². The molecule has 2 heterocycles. The number of fused-ring (bicyclic) bond motifs is 3.